The number of anilines is 1. The van der Waals surface area contributed by atoms with Gasteiger partial charge in [-0.1, -0.05) is 84.9 Å². The summed E-state index contributed by atoms with van der Waals surface area (Å²) >= 11 is 0. The summed E-state index contributed by atoms with van der Waals surface area (Å²) < 4.78 is 6.56. The molecule has 0 saturated heterocycles. The number of rotatable bonds is 7. The second kappa shape index (κ2) is 12.3. The molecule has 0 aliphatic carbocycles. The van der Waals surface area contributed by atoms with Crippen molar-refractivity contribution in [3.05, 3.63) is 175 Å². The van der Waals surface area contributed by atoms with Gasteiger partial charge in [-0.05, 0) is 100.0 Å². The maximum atomic E-state index is 6.75. The lowest BCUT2D eigenvalue weighted by atomic mass is 9.87. The van der Waals surface area contributed by atoms with Crippen LogP contribution in [0.15, 0.2) is 163 Å². The molecular weight excluding hydrogens is 550 g/mol. The van der Waals surface area contributed by atoms with Gasteiger partial charge in [-0.15, -0.1) is 0 Å². The summed E-state index contributed by atoms with van der Waals surface area (Å²) in [5.74, 6) is 0.811. The fraction of sp³-hybridized carbons (Fsp3) is 0.0244. The maximum Gasteiger partial charge on any atom is 0.144 e. The highest BCUT2D eigenvalue weighted by atomic mass is 16.3. The molecule has 0 amide bonds. The highest BCUT2D eigenvalue weighted by Crippen LogP contribution is 2.42. The molecule has 2 N–H and O–H groups in total. The van der Waals surface area contributed by atoms with Crippen molar-refractivity contribution in [1.82, 2.24) is 9.97 Å². The molecule has 7 aromatic rings. The molecule has 0 saturated carbocycles. The summed E-state index contributed by atoms with van der Waals surface area (Å²) in [4.78, 5) is 8.45. The third-order valence-corrected chi connectivity index (χ3v) is 8.10. The van der Waals surface area contributed by atoms with Crippen LogP contribution < -0.4 is 5.73 Å². The van der Waals surface area contributed by atoms with Gasteiger partial charge in [-0.2, -0.15) is 0 Å². The highest BCUT2D eigenvalue weighted by molar-refractivity contribution is 6.05. The van der Waals surface area contributed by atoms with Crippen molar-refractivity contribution < 1.29 is 4.42 Å². The molecule has 4 nitrogen and oxygen atoms in total. The lowest BCUT2D eigenvalue weighted by Crippen LogP contribution is -1.97. The first kappa shape index (κ1) is 27.8. The van der Waals surface area contributed by atoms with Crippen LogP contribution in [0, 0.1) is 0 Å². The Bertz CT molecular complexity index is 2140. The van der Waals surface area contributed by atoms with Gasteiger partial charge in [0.2, 0.25) is 0 Å². The van der Waals surface area contributed by atoms with Crippen molar-refractivity contribution in [2.24, 2.45) is 0 Å². The van der Waals surface area contributed by atoms with Crippen molar-refractivity contribution in [2.45, 2.75) is 6.92 Å². The first-order chi connectivity index (χ1) is 22.2. The van der Waals surface area contributed by atoms with E-state index in [1.54, 1.807) is 0 Å². The number of nitrogens with two attached hydrogens (primary N) is 1. The minimum Gasteiger partial charge on any atom is -0.455 e. The van der Waals surface area contributed by atoms with Crippen LogP contribution in [0.1, 0.15) is 23.6 Å². The van der Waals surface area contributed by atoms with Gasteiger partial charge in [0.15, 0.2) is 0 Å². The van der Waals surface area contributed by atoms with Crippen molar-refractivity contribution in [3.8, 4) is 33.6 Å². The zero-order valence-corrected chi connectivity index (χ0v) is 24.9. The van der Waals surface area contributed by atoms with Gasteiger partial charge < -0.3 is 10.2 Å². The number of nitrogens with zero attached hydrogens (tertiary/aromatic N) is 2. The minimum atomic E-state index is 0.663. The predicted octanol–water partition coefficient (Wildman–Crippen LogP) is 10.3. The van der Waals surface area contributed by atoms with Crippen molar-refractivity contribution >= 4 is 27.8 Å². The lowest BCUT2D eigenvalue weighted by Gasteiger charge is -2.17. The van der Waals surface area contributed by atoms with E-state index in [0.29, 0.717) is 5.69 Å². The molecule has 0 radical (unpaired) electrons. The average Bonchev–Trinajstić information content (AvgIpc) is 3.55. The second-order valence-corrected chi connectivity index (χ2v) is 10.8. The van der Waals surface area contributed by atoms with Gasteiger partial charge in [-0.25, -0.2) is 0 Å². The molecule has 3 aromatic heterocycles. The second-order valence-electron chi connectivity index (χ2n) is 10.8. The number of pyridine rings is 2. The largest absolute Gasteiger partial charge is 0.455 e. The number of fused-ring (bicyclic) bond motifs is 1. The molecule has 7 rings (SSSR count). The molecule has 3 heterocycles. The molecule has 45 heavy (non-hydrogen) atoms. The molecule has 0 aliphatic heterocycles. The molecule has 0 aliphatic rings. The summed E-state index contributed by atoms with van der Waals surface area (Å²) in [5, 5.41) is 1.01. The van der Waals surface area contributed by atoms with Crippen LogP contribution >= 0.6 is 0 Å². The quantitative estimate of drug-likeness (QED) is 0.150. The molecule has 0 bridgehead atoms. The van der Waals surface area contributed by atoms with Crippen LogP contribution in [-0.2, 0) is 0 Å². The monoisotopic (exact) mass is 581 g/mol. The summed E-state index contributed by atoms with van der Waals surface area (Å²) in [7, 11) is 0. The molecule has 0 atom stereocenters. The third-order valence-electron chi connectivity index (χ3n) is 8.10. The topological polar surface area (TPSA) is 64.9 Å². The van der Waals surface area contributed by atoms with E-state index < -0.39 is 0 Å². The molecule has 216 valence electrons. The number of furan rings is 1. The maximum absolute atomic E-state index is 6.75. The SMILES string of the molecule is C/C=C(\C=C(c1ccncc1)c1ccccc1-c1c(N)ccc2cc(-c3ccccc3)oc12)c1ccc(-c2ccncc2)cc1. The summed E-state index contributed by atoms with van der Waals surface area (Å²) in [6, 6.07) is 41.4. The van der Waals surface area contributed by atoms with E-state index in [-0.39, 0.29) is 0 Å². The average molecular weight is 582 g/mol. The van der Waals surface area contributed by atoms with Gasteiger partial charge in [0.05, 0.1) is 0 Å². The van der Waals surface area contributed by atoms with E-state index in [4.69, 9.17) is 10.2 Å². The fourth-order valence-corrected chi connectivity index (χ4v) is 5.81. The van der Waals surface area contributed by atoms with Gasteiger partial charge >= 0.3 is 0 Å². The first-order valence-electron chi connectivity index (χ1n) is 15.0. The number of nitrogen functional groups attached to an aromatic ring is 1. The highest BCUT2D eigenvalue weighted by Gasteiger charge is 2.19. The van der Waals surface area contributed by atoms with Gasteiger partial charge in [0, 0.05) is 47.0 Å². The number of hydrogen-bond donors (Lipinski definition) is 1. The number of allylic oxidation sites excluding steroid dienone is 3. The zero-order valence-electron chi connectivity index (χ0n) is 24.9. The van der Waals surface area contributed by atoms with E-state index in [0.717, 1.165) is 72.4 Å². The summed E-state index contributed by atoms with van der Waals surface area (Å²) in [6.07, 6.45) is 11.7. The van der Waals surface area contributed by atoms with Crippen LogP contribution in [0.2, 0.25) is 0 Å². The van der Waals surface area contributed by atoms with Gasteiger partial charge in [0.25, 0.3) is 0 Å². The Morgan fingerprint density at radius 2 is 1.31 bits per heavy atom. The fourth-order valence-electron chi connectivity index (χ4n) is 5.81. The Balaban J connectivity index is 1.38. The molecular formula is C41H31N3O. The Hall–Kier alpha value is -6.00. The molecule has 0 spiro atoms. The summed E-state index contributed by atoms with van der Waals surface area (Å²) in [6.45, 7) is 2.07. The number of aromatic nitrogens is 2. The predicted molar refractivity (Wildman–Crippen MR) is 186 cm³/mol. The van der Waals surface area contributed by atoms with Crippen molar-refractivity contribution in [2.75, 3.05) is 5.73 Å². The van der Waals surface area contributed by atoms with Crippen molar-refractivity contribution in [1.29, 1.82) is 0 Å². The first-order valence-corrected chi connectivity index (χ1v) is 15.0. The third kappa shape index (κ3) is 5.57. The smallest absolute Gasteiger partial charge is 0.144 e. The van der Waals surface area contributed by atoms with Crippen molar-refractivity contribution in [3.63, 3.8) is 0 Å². The Morgan fingerprint density at radius 3 is 2.04 bits per heavy atom. The Morgan fingerprint density at radius 1 is 0.644 bits per heavy atom. The van der Waals surface area contributed by atoms with Crippen LogP contribution in [0.3, 0.4) is 0 Å². The van der Waals surface area contributed by atoms with Crippen LogP contribution in [-0.4, -0.2) is 9.97 Å². The van der Waals surface area contributed by atoms with E-state index >= 15 is 0 Å². The molecule has 4 heteroatoms. The van der Waals surface area contributed by atoms with Gasteiger partial charge in [0.1, 0.15) is 11.3 Å². The van der Waals surface area contributed by atoms with E-state index in [1.807, 2.05) is 79.4 Å². The van der Waals surface area contributed by atoms with Crippen LogP contribution in [0.5, 0.6) is 0 Å². The number of benzene rings is 4. The number of hydrogen-bond acceptors (Lipinski definition) is 4. The standard InChI is InChI=1S/C41H31N3O/c1-2-28(29-12-14-30(15-13-29)31-18-22-43-23-19-31)26-37(32-20-24-44-25-21-32)35-10-6-7-11-36(35)40-38(42)17-16-34-27-39(45-41(34)40)33-8-4-3-5-9-33/h2-27H,42H2,1H3/b28-2+,37-26?. The van der Waals surface area contributed by atoms with Gasteiger partial charge in [-0.3, -0.25) is 9.97 Å². The molecule has 4 aromatic carbocycles. The minimum absolute atomic E-state index is 0.663. The zero-order chi connectivity index (χ0) is 30.6. The van der Waals surface area contributed by atoms with E-state index in [1.165, 1.54) is 0 Å². The van der Waals surface area contributed by atoms with Crippen LogP contribution in [0.4, 0.5) is 5.69 Å². The Kier molecular flexibility index (Phi) is 7.61. The normalized spacial score (nSPS) is 12.0. The summed E-state index contributed by atoms with van der Waals surface area (Å²) in [5.41, 5.74) is 18.8. The molecule has 0 unspecified atom stereocenters. The van der Waals surface area contributed by atoms with Crippen LogP contribution in [0.25, 0.3) is 55.7 Å². The molecule has 0 fully saturated rings. The lowest BCUT2D eigenvalue weighted by molar-refractivity contribution is 0.632. The Labute approximate surface area is 262 Å². The van der Waals surface area contributed by atoms with E-state index in [2.05, 4.69) is 95.8 Å². The van der Waals surface area contributed by atoms with E-state index in [9.17, 15) is 0 Å².